The van der Waals surface area contributed by atoms with Gasteiger partial charge >= 0.3 is 0 Å². The summed E-state index contributed by atoms with van der Waals surface area (Å²) in [5.74, 6) is 0.725. The summed E-state index contributed by atoms with van der Waals surface area (Å²) in [6, 6.07) is 3.66. The number of fused-ring (bicyclic) bond motifs is 1. The first-order valence-electron chi connectivity index (χ1n) is 6.20. The van der Waals surface area contributed by atoms with Gasteiger partial charge in [0, 0.05) is 18.1 Å². The maximum Gasteiger partial charge on any atom is 0.143 e. The Balaban J connectivity index is 2.70. The predicted octanol–water partition coefficient (Wildman–Crippen LogP) is 2.65. The fourth-order valence-electron chi connectivity index (χ4n) is 2.59. The molecule has 1 aliphatic rings. The van der Waals surface area contributed by atoms with Gasteiger partial charge in [0.05, 0.1) is 12.0 Å². The fraction of sp³-hybridized carbons (Fsp3) is 0.500. The summed E-state index contributed by atoms with van der Waals surface area (Å²) in [5, 5.41) is 0. The van der Waals surface area contributed by atoms with Crippen molar-refractivity contribution in [2.45, 2.75) is 37.0 Å². The first-order valence-corrected chi connectivity index (χ1v) is 9.26. The number of Topliss-reactive ketones (excluding diaryl/α,β-unsaturated/α-hetero) is 1. The van der Waals surface area contributed by atoms with E-state index in [9.17, 15) is 9.00 Å². The van der Waals surface area contributed by atoms with Crippen LogP contribution in [0.5, 0.6) is 5.75 Å². The Hall–Kier alpha value is -0.870. The van der Waals surface area contributed by atoms with Gasteiger partial charge in [0.15, 0.2) is 0 Å². The number of carbonyl (C=O) groups is 1. The molecule has 1 aliphatic carbocycles. The lowest BCUT2D eigenvalue weighted by Gasteiger charge is -2.32. The smallest absolute Gasteiger partial charge is 0.143 e. The highest BCUT2D eigenvalue weighted by Crippen LogP contribution is 2.41. The molecule has 0 aliphatic heterocycles. The second-order valence-electron chi connectivity index (χ2n) is 5.55. The van der Waals surface area contributed by atoms with Crippen LogP contribution in [-0.4, -0.2) is 23.4 Å². The monoisotopic (exact) mass is 302 g/mol. The van der Waals surface area contributed by atoms with Crippen molar-refractivity contribution < 1.29 is 13.7 Å². The molecule has 106 valence electrons. The van der Waals surface area contributed by atoms with Crippen LogP contribution >= 0.6 is 10.7 Å². The highest BCUT2D eigenvalue weighted by Gasteiger charge is 2.36. The van der Waals surface area contributed by atoms with Crippen LogP contribution < -0.4 is 4.74 Å². The van der Waals surface area contributed by atoms with E-state index in [1.54, 1.807) is 0 Å². The third kappa shape index (κ3) is 2.43. The van der Waals surface area contributed by atoms with E-state index in [1.807, 2.05) is 26.0 Å². The molecule has 0 unspecified atom stereocenters. The van der Waals surface area contributed by atoms with Gasteiger partial charge in [-0.2, -0.15) is 0 Å². The number of carbonyl (C=O) groups excluding carboxylic acids is 1. The first kappa shape index (κ1) is 14.5. The van der Waals surface area contributed by atoms with Gasteiger partial charge < -0.3 is 4.74 Å². The lowest BCUT2D eigenvalue weighted by atomic mass is 9.72. The van der Waals surface area contributed by atoms with E-state index in [-0.39, 0.29) is 5.78 Å². The number of hydrogen-bond donors (Lipinski definition) is 1. The van der Waals surface area contributed by atoms with E-state index < -0.39 is 14.6 Å². The Bertz CT molecular complexity index is 587. The van der Waals surface area contributed by atoms with Gasteiger partial charge in [-0.15, -0.1) is 0 Å². The van der Waals surface area contributed by atoms with Gasteiger partial charge in [0.2, 0.25) is 0 Å². The molecule has 0 heterocycles. The highest BCUT2D eigenvalue weighted by molar-refractivity contribution is 8.23. The number of thiol groups is 1. The Kier molecular flexibility index (Phi) is 3.52. The minimum atomic E-state index is -2.91. The molecular weight excluding hydrogens is 284 g/mol. The molecule has 3 nitrogen and oxygen atoms in total. The molecule has 0 saturated carbocycles. The van der Waals surface area contributed by atoms with E-state index in [4.69, 9.17) is 15.4 Å². The number of halogens is 1. The molecule has 0 saturated heterocycles. The van der Waals surface area contributed by atoms with Gasteiger partial charge in [-0.25, -0.2) is 0 Å². The summed E-state index contributed by atoms with van der Waals surface area (Å²) in [6.45, 7) is 3.83. The first-order chi connectivity index (χ1) is 8.67. The normalized spacial score (nSPS) is 18.9. The topological polar surface area (TPSA) is 43.4 Å². The third-order valence-corrected chi connectivity index (χ3v) is 5.58. The Labute approximate surface area is 119 Å². The van der Waals surface area contributed by atoms with Crippen molar-refractivity contribution in [2.24, 2.45) is 0 Å². The lowest BCUT2D eigenvalue weighted by Crippen LogP contribution is -2.34. The molecule has 0 radical (unpaired) electrons. The molecule has 0 spiro atoms. The lowest BCUT2D eigenvalue weighted by molar-refractivity contribution is -0.124. The Morgan fingerprint density at radius 1 is 1.32 bits per heavy atom. The number of benzene rings is 1. The second-order valence-corrected chi connectivity index (χ2v) is 9.61. The van der Waals surface area contributed by atoms with E-state index in [2.05, 4.69) is 0 Å². The number of rotatable bonds is 2. The average Bonchev–Trinajstić information content (AvgIpc) is 2.32. The minimum absolute atomic E-state index is 0.223. The summed E-state index contributed by atoms with van der Waals surface area (Å²) in [4.78, 5) is 12.6. The quantitative estimate of drug-likeness (QED) is 0.675. The van der Waals surface area contributed by atoms with E-state index >= 15 is 0 Å². The maximum atomic E-state index is 12.1. The molecule has 0 atom stereocenters. The van der Waals surface area contributed by atoms with Crippen LogP contribution in [0.15, 0.2) is 17.0 Å². The summed E-state index contributed by atoms with van der Waals surface area (Å²) in [5.41, 5.74) is 1.47. The molecule has 1 aromatic carbocycles. The molecular formula is C14H19ClO3S. The number of aryl methyl sites for hydroxylation is 1. The van der Waals surface area contributed by atoms with Crippen molar-refractivity contribution in [1.29, 1.82) is 0 Å². The van der Waals surface area contributed by atoms with Crippen LogP contribution in [0.25, 0.3) is 0 Å². The molecule has 0 bridgehead atoms. The van der Waals surface area contributed by atoms with Gasteiger partial charge in [-0.3, -0.25) is 9.00 Å². The molecule has 5 heteroatoms. The number of methoxy groups -OCH3 is 1. The number of ether oxygens (including phenoxy) is 1. The van der Waals surface area contributed by atoms with Gasteiger partial charge in [0.25, 0.3) is 0 Å². The average molecular weight is 303 g/mol. The fourth-order valence-corrected chi connectivity index (χ4v) is 3.92. The molecule has 2 rings (SSSR count). The van der Waals surface area contributed by atoms with Gasteiger partial charge in [0.1, 0.15) is 11.5 Å². The van der Waals surface area contributed by atoms with Crippen LogP contribution in [0.1, 0.15) is 31.4 Å². The van der Waals surface area contributed by atoms with Crippen molar-refractivity contribution in [2.75, 3.05) is 13.4 Å². The largest absolute Gasteiger partial charge is 0.496 e. The zero-order valence-electron chi connectivity index (χ0n) is 11.6. The van der Waals surface area contributed by atoms with Crippen LogP contribution in [-0.2, 0) is 25.8 Å². The van der Waals surface area contributed by atoms with Crippen molar-refractivity contribution >= 4 is 25.6 Å². The van der Waals surface area contributed by atoms with E-state index in [1.165, 1.54) is 13.4 Å². The zero-order valence-corrected chi connectivity index (χ0v) is 13.3. The van der Waals surface area contributed by atoms with Gasteiger partial charge in [-0.05, 0) is 63.4 Å². The van der Waals surface area contributed by atoms with E-state index in [0.717, 1.165) is 11.1 Å². The molecule has 0 fully saturated rings. The minimum Gasteiger partial charge on any atom is -0.496 e. The highest BCUT2D eigenvalue weighted by atomic mass is 35.7. The molecule has 19 heavy (non-hydrogen) atoms. The summed E-state index contributed by atoms with van der Waals surface area (Å²) in [6.07, 6.45) is 2.70. The summed E-state index contributed by atoms with van der Waals surface area (Å²) >= 11 is 0. The second kappa shape index (κ2) is 4.60. The third-order valence-electron chi connectivity index (χ3n) is 3.83. The van der Waals surface area contributed by atoms with Crippen LogP contribution in [0.2, 0.25) is 0 Å². The molecule has 0 aromatic heterocycles. The van der Waals surface area contributed by atoms with Crippen LogP contribution in [0.3, 0.4) is 0 Å². The maximum absolute atomic E-state index is 12.1. The molecule has 0 amide bonds. The Morgan fingerprint density at radius 2 is 1.95 bits per heavy atom. The van der Waals surface area contributed by atoms with Crippen molar-refractivity contribution in [1.82, 2.24) is 0 Å². The summed E-state index contributed by atoms with van der Waals surface area (Å²) < 4.78 is 17.4. The van der Waals surface area contributed by atoms with Crippen LogP contribution in [0.4, 0.5) is 0 Å². The van der Waals surface area contributed by atoms with Crippen molar-refractivity contribution in [3.05, 3.63) is 23.3 Å². The molecule has 1 aromatic rings. The van der Waals surface area contributed by atoms with Gasteiger partial charge in [-0.1, -0.05) is 0 Å². The number of hydrogen-bond acceptors (Lipinski definition) is 3. The Morgan fingerprint density at radius 3 is 2.47 bits per heavy atom. The summed E-state index contributed by atoms with van der Waals surface area (Å²) in [7, 11) is 4.60. The SMILES string of the molecule is COc1cc2c(cc1[SH](C)(=O)Cl)CCC(=O)C2(C)C. The van der Waals surface area contributed by atoms with Crippen LogP contribution in [0, 0.1) is 0 Å². The zero-order chi connectivity index (χ0) is 14.4. The standard InChI is InChI=1S/C14H19ClO3S/c1-14(2)10-8-11(18-3)12(19(4,15)17)7-9(10)5-6-13(14)16/h7-8,19H,5-6H2,1-4H3. The molecule has 0 N–H and O–H groups in total. The predicted molar refractivity (Wildman–Crippen MR) is 78.9 cm³/mol. The van der Waals surface area contributed by atoms with Crippen molar-refractivity contribution in [3.8, 4) is 5.75 Å². The number of ketones is 1. The van der Waals surface area contributed by atoms with Crippen molar-refractivity contribution in [3.63, 3.8) is 0 Å². The van der Waals surface area contributed by atoms with E-state index in [0.29, 0.717) is 23.5 Å².